The Balaban J connectivity index is 1.48. The lowest BCUT2D eigenvalue weighted by atomic mass is 9.87. The third kappa shape index (κ3) is 5.68. The number of nitrogens with one attached hydrogen (secondary N) is 2. The second-order valence-electron chi connectivity index (χ2n) is 13.0. The predicted molar refractivity (Wildman–Crippen MR) is 179 cm³/mol. The first-order chi connectivity index (χ1) is 21.2. The monoisotopic (exact) mass is 570 g/mol. The average molecular weight is 571 g/mol. The Morgan fingerprint density at radius 1 is 0.523 bits per heavy atom. The lowest BCUT2D eigenvalue weighted by Crippen LogP contribution is -2.15. The molecule has 8 bridgehead atoms. The third-order valence-corrected chi connectivity index (χ3v) is 8.34. The molecule has 0 aliphatic carbocycles. The number of H-pyrrole nitrogens is 2. The minimum atomic E-state index is -0.120. The molecule has 0 saturated heterocycles. The maximum atomic E-state index is 5.13. The van der Waals surface area contributed by atoms with Crippen molar-refractivity contribution in [1.82, 2.24) is 19.9 Å². The summed E-state index contributed by atoms with van der Waals surface area (Å²) in [7, 11) is 0. The van der Waals surface area contributed by atoms with Gasteiger partial charge in [0.25, 0.3) is 0 Å². The van der Waals surface area contributed by atoms with E-state index in [1.807, 2.05) is 60.7 Å². The molecule has 5 heterocycles. The molecule has 0 atom stereocenters. The number of fused-ring (bicyclic) bond motifs is 8. The van der Waals surface area contributed by atoms with Gasteiger partial charge in [-0.15, -0.1) is 0 Å². The van der Waals surface area contributed by atoms with Gasteiger partial charge in [0.2, 0.25) is 0 Å². The molecule has 2 N–H and O–H groups in total. The summed E-state index contributed by atoms with van der Waals surface area (Å²) in [4.78, 5) is 17.5. The van der Waals surface area contributed by atoms with Crippen molar-refractivity contribution in [3.8, 4) is 23.7 Å². The van der Waals surface area contributed by atoms with Crippen molar-refractivity contribution in [1.29, 1.82) is 0 Å². The van der Waals surface area contributed by atoms with Crippen molar-refractivity contribution in [3.05, 3.63) is 142 Å². The minimum absolute atomic E-state index is 0.120. The molecule has 2 aliphatic rings. The largest absolute Gasteiger partial charge is 0.354 e. The lowest BCUT2D eigenvalue weighted by Gasteiger charge is -2.15. The van der Waals surface area contributed by atoms with Gasteiger partial charge in [0.1, 0.15) is 0 Å². The molecule has 7 rings (SSSR count). The molecule has 0 amide bonds. The molecule has 5 aromatic rings. The zero-order valence-corrected chi connectivity index (χ0v) is 25.5. The van der Waals surface area contributed by atoms with Gasteiger partial charge in [0, 0.05) is 68.6 Å². The minimum Gasteiger partial charge on any atom is -0.354 e. The fourth-order valence-electron chi connectivity index (χ4n) is 5.92. The van der Waals surface area contributed by atoms with E-state index in [1.165, 1.54) is 0 Å². The highest BCUT2D eigenvalue weighted by Gasteiger charge is 2.30. The van der Waals surface area contributed by atoms with E-state index >= 15 is 0 Å². The summed E-state index contributed by atoms with van der Waals surface area (Å²) in [5, 5.41) is 0. The molecule has 0 saturated carbocycles. The highest BCUT2D eigenvalue weighted by atomic mass is 14.8. The van der Waals surface area contributed by atoms with Crippen LogP contribution in [-0.4, -0.2) is 19.9 Å². The van der Waals surface area contributed by atoms with Gasteiger partial charge in [-0.3, -0.25) is 9.97 Å². The fourth-order valence-corrected chi connectivity index (χ4v) is 5.92. The van der Waals surface area contributed by atoms with E-state index in [-0.39, 0.29) is 10.8 Å². The Labute approximate surface area is 258 Å². The maximum Gasteiger partial charge on any atom is 0.0562 e. The second-order valence-corrected chi connectivity index (χ2v) is 13.0. The Morgan fingerprint density at radius 3 is 1.34 bits per heavy atom. The smallest absolute Gasteiger partial charge is 0.0562 e. The van der Waals surface area contributed by atoms with Gasteiger partial charge in [-0.25, -0.2) is 0 Å². The van der Waals surface area contributed by atoms with E-state index in [1.54, 1.807) is 0 Å². The van der Waals surface area contributed by atoms with E-state index < -0.39 is 0 Å². The SMILES string of the molecule is CC1(C)Cc2cc3[nH]c(cc4nc(cc5[nH]c(cc1n2)cc5C#Cc1ccccc1)CC4(C)C)cc3C#Cc1ccccc1. The van der Waals surface area contributed by atoms with Crippen LogP contribution in [0.2, 0.25) is 0 Å². The van der Waals surface area contributed by atoms with E-state index in [2.05, 4.69) is 97.7 Å². The number of aromatic nitrogens is 4. The highest BCUT2D eigenvalue weighted by molar-refractivity contribution is 5.73. The van der Waals surface area contributed by atoms with Crippen molar-refractivity contribution < 1.29 is 0 Å². The number of benzene rings is 2. The Bertz CT molecular complexity index is 2020. The Kier molecular flexibility index (Phi) is 6.72. The molecule has 2 aromatic carbocycles. The van der Waals surface area contributed by atoms with Crippen LogP contribution >= 0.6 is 0 Å². The standard InChI is InChI=1S/C40H34N4/c1-39(2)25-33-21-35-30(18-16-28-13-9-6-10-14-28)20-32(42-35)24-38-40(3,4)26-34(44-38)22-36-29(17-15-27-11-7-5-8-12-27)19-31(41-36)23-37(39)43-33/h5-14,19-24,41-42H,25-26H2,1-4H3. The van der Waals surface area contributed by atoms with Gasteiger partial charge in [0.05, 0.1) is 22.2 Å². The summed E-state index contributed by atoms with van der Waals surface area (Å²) in [6, 6.07) is 33.1. The summed E-state index contributed by atoms with van der Waals surface area (Å²) in [6.07, 6.45) is 1.67. The van der Waals surface area contributed by atoms with Gasteiger partial charge >= 0.3 is 0 Å². The number of aromatic amines is 2. The first-order valence-electron chi connectivity index (χ1n) is 15.1. The van der Waals surface area contributed by atoms with E-state index in [0.717, 1.165) is 79.9 Å². The third-order valence-electron chi connectivity index (χ3n) is 8.34. The van der Waals surface area contributed by atoms with Gasteiger partial charge in [-0.1, -0.05) is 87.8 Å². The average Bonchev–Trinajstić information content (AvgIpc) is 3.71. The molecule has 0 spiro atoms. The molecule has 0 fully saturated rings. The Hall–Kier alpha value is -5.32. The van der Waals surface area contributed by atoms with Crippen LogP contribution in [0.1, 0.15) is 72.7 Å². The maximum absolute atomic E-state index is 5.13. The first-order valence-corrected chi connectivity index (χ1v) is 15.1. The van der Waals surface area contributed by atoms with Crippen molar-refractivity contribution in [3.63, 3.8) is 0 Å². The predicted octanol–water partition coefficient (Wildman–Crippen LogP) is 8.16. The number of hydrogen-bond acceptors (Lipinski definition) is 2. The normalized spacial score (nSPS) is 14.6. The molecule has 4 nitrogen and oxygen atoms in total. The molecular formula is C40H34N4. The molecule has 3 aromatic heterocycles. The van der Waals surface area contributed by atoms with Crippen molar-refractivity contribution in [2.75, 3.05) is 0 Å². The van der Waals surface area contributed by atoms with Crippen LogP contribution in [0.25, 0.3) is 22.1 Å². The van der Waals surface area contributed by atoms with Crippen LogP contribution in [0.3, 0.4) is 0 Å². The molecule has 0 radical (unpaired) electrons. The molecule has 2 aliphatic heterocycles. The van der Waals surface area contributed by atoms with Crippen LogP contribution in [0, 0.1) is 23.7 Å². The van der Waals surface area contributed by atoms with Crippen molar-refractivity contribution >= 4 is 22.1 Å². The lowest BCUT2D eigenvalue weighted by molar-refractivity contribution is 0.543. The molecule has 0 unspecified atom stereocenters. The molecule has 44 heavy (non-hydrogen) atoms. The van der Waals surface area contributed by atoms with Gasteiger partial charge in [-0.05, 0) is 60.7 Å². The molecule has 4 heteroatoms. The topological polar surface area (TPSA) is 57.4 Å². The van der Waals surface area contributed by atoms with Crippen LogP contribution in [-0.2, 0) is 23.7 Å². The van der Waals surface area contributed by atoms with Crippen LogP contribution in [0.4, 0.5) is 0 Å². The summed E-state index contributed by atoms with van der Waals surface area (Å²) in [6.45, 7) is 9.00. The van der Waals surface area contributed by atoms with Crippen LogP contribution in [0.5, 0.6) is 0 Å². The van der Waals surface area contributed by atoms with E-state index in [0.29, 0.717) is 0 Å². The van der Waals surface area contributed by atoms with E-state index in [9.17, 15) is 0 Å². The number of nitrogens with zero attached hydrogens (tertiary/aromatic N) is 2. The highest BCUT2D eigenvalue weighted by Crippen LogP contribution is 2.33. The summed E-state index contributed by atoms with van der Waals surface area (Å²) in [5.74, 6) is 13.5. The van der Waals surface area contributed by atoms with Gasteiger partial charge < -0.3 is 9.97 Å². The zero-order chi connectivity index (χ0) is 30.3. The number of rotatable bonds is 0. The number of hydrogen-bond donors (Lipinski definition) is 2. The van der Waals surface area contributed by atoms with Crippen molar-refractivity contribution in [2.24, 2.45) is 0 Å². The van der Waals surface area contributed by atoms with Gasteiger partial charge in [0.15, 0.2) is 0 Å². The molecular weight excluding hydrogens is 536 g/mol. The summed E-state index contributed by atoms with van der Waals surface area (Å²) >= 11 is 0. The van der Waals surface area contributed by atoms with Crippen LogP contribution in [0.15, 0.2) is 97.1 Å². The summed E-state index contributed by atoms with van der Waals surface area (Å²) < 4.78 is 0. The summed E-state index contributed by atoms with van der Waals surface area (Å²) in [5.41, 5.74) is 11.7. The van der Waals surface area contributed by atoms with Crippen molar-refractivity contribution in [2.45, 2.75) is 51.4 Å². The zero-order valence-electron chi connectivity index (χ0n) is 25.5. The quantitative estimate of drug-likeness (QED) is 0.185. The van der Waals surface area contributed by atoms with Crippen LogP contribution < -0.4 is 0 Å². The van der Waals surface area contributed by atoms with E-state index in [4.69, 9.17) is 9.97 Å². The fraction of sp³-hybridized carbons (Fsp3) is 0.200. The Morgan fingerprint density at radius 2 is 0.932 bits per heavy atom. The first kappa shape index (κ1) is 27.5. The molecule has 214 valence electrons. The van der Waals surface area contributed by atoms with Gasteiger partial charge in [-0.2, -0.15) is 0 Å². The second kappa shape index (κ2) is 10.7.